The lowest BCUT2D eigenvalue weighted by Crippen LogP contribution is -2.26. The van der Waals surface area contributed by atoms with Crippen molar-refractivity contribution in [2.24, 2.45) is 5.92 Å². The zero-order valence-corrected chi connectivity index (χ0v) is 6.36. The number of aliphatic hydroxyl groups is 1. The molecule has 0 aromatic carbocycles. The highest BCUT2D eigenvalue weighted by atomic mass is 16.4. The Morgan fingerprint density at radius 2 is 2.36 bits per heavy atom. The van der Waals surface area contributed by atoms with Crippen molar-refractivity contribution in [3.8, 4) is 0 Å². The van der Waals surface area contributed by atoms with Gasteiger partial charge < -0.3 is 15.1 Å². The van der Waals surface area contributed by atoms with Crippen LogP contribution in [0.3, 0.4) is 0 Å². The Morgan fingerprint density at radius 1 is 1.64 bits per heavy atom. The number of aliphatic hydroxyl groups excluding tert-OH is 1. The average molecular weight is 159 g/mol. The van der Waals surface area contributed by atoms with Crippen molar-refractivity contribution in [2.75, 3.05) is 19.7 Å². The molecule has 1 atom stereocenters. The molecular formula is C7H13NO3. The largest absolute Gasteiger partial charge is 0.465 e. The van der Waals surface area contributed by atoms with Crippen LogP contribution >= 0.6 is 0 Å². The first-order valence-corrected chi connectivity index (χ1v) is 3.82. The molecule has 0 saturated carbocycles. The van der Waals surface area contributed by atoms with Gasteiger partial charge in [0, 0.05) is 19.7 Å². The monoisotopic (exact) mass is 159 g/mol. The molecule has 1 saturated heterocycles. The molecule has 0 aromatic heterocycles. The van der Waals surface area contributed by atoms with Crippen LogP contribution in [0.4, 0.5) is 4.79 Å². The van der Waals surface area contributed by atoms with Gasteiger partial charge in [0.2, 0.25) is 0 Å². The number of carboxylic acid groups (broad SMARTS) is 1. The van der Waals surface area contributed by atoms with Gasteiger partial charge in [-0.3, -0.25) is 0 Å². The third-order valence-electron chi connectivity index (χ3n) is 2.09. The second kappa shape index (κ2) is 3.57. The minimum absolute atomic E-state index is 0.165. The van der Waals surface area contributed by atoms with Gasteiger partial charge in [0.25, 0.3) is 0 Å². The van der Waals surface area contributed by atoms with Crippen molar-refractivity contribution in [1.29, 1.82) is 0 Å². The van der Waals surface area contributed by atoms with Crippen LogP contribution in [0.25, 0.3) is 0 Å². The van der Waals surface area contributed by atoms with Crippen molar-refractivity contribution in [3.63, 3.8) is 0 Å². The van der Waals surface area contributed by atoms with Crippen LogP contribution in [0, 0.1) is 5.92 Å². The summed E-state index contributed by atoms with van der Waals surface area (Å²) in [6, 6.07) is 0. The summed E-state index contributed by atoms with van der Waals surface area (Å²) < 4.78 is 0. The van der Waals surface area contributed by atoms with Crippen LogP contribution in [0.15, 0.2) is 0 Å². The van der Waals surface area contributed by atoms with Crippen LogP contribution in [-0.4, -0.2) is 40.9 Å². The van der Waals surface area contributed by atoms with Crippen LogP contribution in [0.5, 0.6) is 0 Å². The molecule has 11 heavy (non-hydrogen) atoms. The molecule has 0 aromatic rings. The van der Waals surface area contributed by atoms with E-state index in [9.17, 15) is 4.79 Å². The second-order valence-electron chi connectivity index (χ2n) is 2.90. The molecule has 1 aliphatic rings. The third-order valence-corrected chi connectivity index (χ3v) is 2.09. The van der Waals surface area contributed by atoms with Crippen molar-refractivity contribution in [3.05, 3.63) is 0 Å². The van der Waals surface area contributed by atoms with Gasteiger partial charge in [-0.05, 0) is 18.8 Å². The van der Waals surface area contributed by atoms with Gasteiger partial charge in [0.15, 0.2) is 0 Å². The summed E-state index contributed by atoms with van der Waals surface area (Å²) in [4.78, 5) is 11.8. The van der Waals surface area contributed by atoms with E-state index in [0.717, 1.165) is 12.8 Å². The lowest BCUT2D eigenvalue weighted by atomic mass is 10.1. The van der Waals surface area contributed by atoms with Crippen LogP contribution in [-0.2, 0) is 0 Å². The maximum atomic E-state index is 10.4. The highest BCUT2D eigenvalue weighted by Crippen LogP contribution is 2.18. The number of carbonyl (C=O) groups is 1. The Morgan fingerprint density at radius 3 is 2.82 bits per heavy atom. The molecule has 0 radical (unpaired) electrons. The number of rotatable bonds is 2. The zero-order valence-electron chi connectivity index (χ0n) is 6.36. The SMILES string of the molecule is O=C(O)N1CC[C@H](CCO)C1. The van der Waals surface area contributed by atoms with Crippen molar-refractivity contribution < 1.29 is 15.0 Å². The number of nitrogens with zero attached hydrogens (tertiary/aromatic N) is 1. The quantitative estimate of drug-likeness (QED) is 0.612. The van der Waals surface area contributed by atoms with E-state index < -0.39 is 6.09 Å². The summed E-state index contributed by atoms with van der Waals surface area (Å²) in [5.74, 6) is 0.371. The van der Waals surface area contributed by atoms with Gasteiger partial charge in [0.05, 0.1) is 0 Å². The van der Waals surface area contributed by atoms with Gasteiger partial charge in [0.1, 0.15) is 0 Å². The van der Waals surface area contributed by atoms with Crippen LogP contribution in [0.2, 0.25) is 0 Å². The Hall–Kier alpha value is -0.770. The van der Waals surface area contributed by atoms with E-state index in [-0.39, 0.29) is 6.61 Å². The van der Waals surface area contributed by atoms with E-state index in [0.29, 0.717) is 19.0 Å². The van der Waals surface area contributed by atoms with Gasteiger partial charge in [-0.1, -0.05) is 0 Å². The van der Waals surface area contributed by atoms with E-state index in [1.165, 1.54) is 4.90 Å². The molecule has 1 aliphatic heterocycles. The Bertz CT molecular complexity index is 149. The van der Waals surface area contributed by atoms with Gasteiger partial charge >= 0.3 is 6.09 Å². The van der Waals surface area contributed by atoms with E-state index in [1.807, 2.05) is 0 Å². The van der Waals surface area contributed by atoms with Crippen molar-refractivity contribution in [2.45, 2.75) is 12.8 Å². The molecule has 0 bridgehead atoms. The summed E-state index contributed by atoms with van der Waals surface area (Å²) in [5, 5.41) is 17.1. The highest BCUT2D eigenvalue weighted by molar-refractivity contribution is 5.65. The van der Waals surface area contributed by atoms with Crippen LogP contribution < -0.4 is 0 Å². The minimum atomic E-state index is -0.842. The normalized spacial score (nSPS) is 24.1. The fourth-order valence-electron chi connectivity index (χ4n) is 1.42. The Labute approximate surface area is 65.4 Å². The molecule has 2 N–H and O–H groups in total. The van der Waals surface area contributed by atoms with E-state index in [4.69, 9.17) is 10.2 Å². The topological polar surface area (TPSA) is 60.8 Å². The number of hydrogen-bond acceptors (Lipinski definition) is 2. The van der Waals surface area contributed by atoms with Gasteiger partial charge in [-0.2, -0.15) is 0 Å². The van der Waals surface area contributed by atoms with E-state index >= 15 is 0 Å². The molecule has 4 heteroatoms. The third kappa shape index (κ3) is 2.08. The standard InChI is InChI=1S/C7H13NO3/c9-4-2-6-1-3-8(5-6)7(10)11/h6,9H,1-5H2,(H,10,11)/t6-/m1/s1. The number of likely N-dealkylation sites (tertiary alicyclic amines) is 1. The predicted molar refractivity (Wildman–Crippen MR) is 39.4 cm³/mol. The summed E-state index contributed by atoms with van der Waals surface area (Å²) in [7, 11) is 0. The molecule has 64 valence electrons. The zero-order chi connectivity index (χ0) is 8.27. The highest BCUT2D eigenvalue weighted by Gasteiger charge is 2.24. The predicted octanol–water partition coefficient (Wildman–Crippen LogP) is 0.369. The number of amides is 1. The maximum absolute atomic E-state index is 10.4. The first-order valence-electron chi connectivity index (χ1n) is 3.82. The summed E-state index contributed by atoms with van der Waals surface area (Å²) in [6.45, 7) is 1.38. The molecule has 1 heterocycles. The lowest BCUT2D eigenvalue weighted by Gasteiger charge is -2.10. The van der Waals surface area contributed by atoms with Crippen LogP contribution in [0.1, 0.15) is 12.8 Å². The van der Waals surface area contributed by atoms with Gasteiger partial charge in [-0.15, -0.1) is 0 Å². The van der Waals surface area contributed by atoms with Gasteiger partial charge in [-0.25, -0.2) is 4.79 Å². The molecule has 0 unspecified atom stereocenters. The lowest BCUT2D eigenvalue weighted by molar-refractivity contribution is 0.153. The average Bonchev–Trinajstić information content (AvgIpc) is 2.37. The van der Waals surface area contributed by atoms with E-state index in [1.54, 1.807) is 0 Å². The number of hydrogen-bond donors (Lipinski definition) is 2. The van der Waals surface area contributed by atoms with Crippen molar-refractivity contribution in [1.82, 2.24) is 4.90 Å². The summed E-state index contributed by atoms with van der Waals surface area (Å²) in [6.07, 6.45) is 0.779. The molecule has 0 spiro atoms. The minimum Gasteiger partial charge on any atom is -0.465 e. The fourth-order valence-corrected chi connectivity index (χ4v) is 1.42. The Kier molecular flexibility index (Phi) is 2.70. The molecular weight excluding hydrogens is 146 g/mol. The second-order valence-corrected chi connectivity index (χ2v) is 2.90. The maximum Gasteiger partial charge on any atom is 0.407 e. The van der Waals surface area contributed by atoms with E-state index in [2.05, 4.69) is 0 Å². The van der Waals surface area contributed by atoms with Crippen molar-refractivity contribution >= 4 is 6.09 Å². The molecule has 4 nitrogen and oxygen atoms in total. The summed E-state index contributed by atoms with van der Waals surface area (Å²) >= 11 is 0. The fraction of sp³-hybridized carbons (Fsp3) is 0.857. The first-order chi connectivity index (χ1) is 5.24. The Balaban J connectivity index is 2.29. The summed E-state index contributed by atoms with van der Waals surface area (Å²) in [5.41, 5.74) is 0. The molecule has 1 amide bonds. The molecule has 1 rings (SSSR count). The smallest absolute Gasteiger partial charge is 0.407 e. The molecule has 1 fully saturated rings. The molecule has 0 aliphatic carbocycles. The first kappa shape index (κ1) is 8.33.